The van der Waals surface area contributed by atoms with E-state index in [2.05, 4.69) is 29.3 Å². The number of nitrogens with zero attached hydrogens (tertiary/aromatic N) is 2. The van der Waals surface area contributed by atoms with Crippen molar-refractivity contribution in [3.05, 3.63) is 55.2 Å². The number of hydrogen-bond acceptors (Lipinski definition) is 1. The zero-order valence-corrected chi connectivity index (χ0v) is 9.80. The van der Waals surface area contributed by atoms with Gasteiger partial charge in [0.05, 0.1) is 6.33 Å². The summed E-state index contributed by atoms with van der Waals surface area (Å²) in [5.41, 5.74) is 0. The molecule has 0 bridgehead atoms. The molecule has 15 heavy (non-hydrogen) atoms. The third-order valence-electron chi connectivity index (χ3n) is 1.51. The van der Waals surface area contributed by atoms with E-state index in [-0.39, 0.29) is 0 Å². The van der Waals surface area contributed by atoms with Gasteiger partial charge in [-0.1, -0.05) is 50.3 Å². The summed E-state index contributed by atoms with van der Waals surface area (Å²) < 4.78 is 1.89. The Kier molecular flexibility index (Phi) is 9.41. The zero-order valence-electron chi connectivity index (χ0n) is 9.80. The molecule has 0 aromatic carbocycles. The molecule has 1 aromatic heterocycles. The number of rotatable bonds is 0. The molecule has 0 fully saturated rings. The van der Waals surface area contributed by atoms with Gasteiger partial charge in [0.1, 0.15) is 0 Å². The lowest BCUT2D eigenvalue weighted by Gasteiger charge is -1.76. The Balaban J connectivity index is 0.000000227. The fourth-order valence-corrected chi connectivity index (χ4v) is 0.847. The molecule has 0 unspecified atom stereocenters. The van der Waals surface area contributed by atoms with E-state index in [0.29, 0.717) is 0 Å². The minimum Gasteiger partial charge on any atom is -0.341 e. The fourth-order valence-electron chi connectivity index (χ4n) is 0.847. The SMILES string of the molecule is C1=CC=CCC=C1.CC.Cn1ccnc1. The molecule has 0 spiro atoms. The predicted octanol–water partition coefficient (Wildman–Crippen LogP) is 3.51. The van der Waals surface area contributed by atoms with Crippen LogP contribution in [0.2, 0.25) is 0 Å². The van der Waals surface area contributed by atoms with Gasteiger partial charge < -0.3 is 4.57 Å². The van der Waals surface area contributed by atoms with E-state index < -0.39 is 0 Å². The first-order valence-electron chi connectivity index (χ1n) is 5.30. The molecule has 2 heteroatoms. The molecule has 2 rings (SSSR count). The number of allylic oxidation sites excluding steroid dienone is 6. The lowest BCUT2D eigenvalue weighted by Crippen LogP contribution is -1.76. The van der Waals surface area contributed by atoms with Gasteiger partial charge in [-0.3, -0.25) is 0 Å². The Morgan fingerprint density at radius 2 is 1.60 bits per heavy atom. The third-order valence-corrected chi connectivity index (χ3v) is 1.51. The van der Waals surface area contributed by atoms with Crippen molar-refractivity contribution in [1.82, 2.24) is 9.55 Å². The third kappa shape index (κ3) is 8.75. The number of aromatic nitrogens is 2. The Labute approximate surface area is 92.7 Å². The van der Waals surface area contributed by atoms with E-state index in [4.69, 9.17) is 0 Å². The van der Waals surface area contributed by atoms with Crippen LogP contribution in [0.4, 0.5) is 0 Å². The first-order valence-corrected chi connectivity index (χ1v) is 5.30. The molecule has 1 aliphatic rings. The van der Waals surface area contributed by atoms with Crippen LogP contribution in [-0.2, 0) is 7.05 Å². The van der Waals surface area contributed by atoms with Crippen LogP contribution in [0.5, 0.6) is 0 Å². The van der Waals surface area contributed by atoms with Crippen LogP contribution in [0.1, 0.15) is 20.3 Å². The number of hydrogen-bond donors (Lipinski definition) is 0. The second kappa shape index (κ2) is 10.5. The standard InChI is InChI=1S/C7H8.C4H6N2.C2H6/c1-2-4-6-7-5-3-1;1-6-3-2-5-4-6;1-2/h1-6H,7H2;2-4H,1H3;1-2H3. The lowest BCUT2D eigenvalue weighted by molar-refractivity contribution is 0.913. The van der Waals surface area contributed by atoms with E-state index in [9.17, 15) is 0 Å². The maximum Gasteiger partial charge on any atom is 0.0943 e. The van der Waals surface area contributed by atoms with Crippen LogP contribution in [0.3, 0.4) is 0 Å². The van der Waals surface area contributed by atoms with Gasteiger partial charge in [-0.2, -0.15) is 0 Å². The van der Waals surface area contributed by atoms with Gasteiger partial charge in [0.15, 0.2) is 0 Å². The van der Waals surface area contributed by atoms with Gasteiger partial charge in [0, 0.05) is 19.4 Å². The molecule has 82 valence electrons. The quantitative estimate of drug-likeness (QED) is 0.632. The maximum absolute atomic E-state index is 3.78. The van der Waals surface area contributed by atoms with Gasteiger partial charge >= 0.3 is 0 Å². The summed E-state index contributed by atoms with van der Waals surface area (Å²) in [5, 5.41) is 0. The molecule has 0 radical (unpaired) electrons. The molecular weight excluding hydrogens is 184 g/mol. The summed E-state index contributed by atoms with van der Waals surface area (Å²) in [6.07, 6.45) is 18.9. The van der Waals surface area contributed by atoms with E-state index >= 15 is 0 Å². The van der Waals surface area contributed by atoms with Crippen molar-refractivity contribution in [2.45, 2.75) is 20.3 Å². The van der Waals surface area contributed by atoms with Crippen molar-refractivity contribution < 1.29 is 0 Å². The summed E-state index contributed by atoms with van der Waals surface area (Å²) in [6, 6.07) is 0. The van der Waals surface area contributed by atoms with Crippen molar-refractivity contribution in [3.63, 3.8) is 0 Å². The molecule has 2 nitrogen and oxygen atoms in total. The molecule has 1 aliphatic carbocycles. The highest BCUT2D eigenvalue weighted by Gasteiger charge is 1.70. The molecule has 0 amide bonds. The summed E-state index contributed by atoms with van der Waals surface area (Å²) in [4.78, 5) is 3.78. The van der Waals surface area contributed by atoms with E-state index in [1.54, 1.807) is 12.5 Å². The average Bonchev–Trinajstić information content (AvgIpc) is 2.62. The molecule has 0 saturated carbocycles. The summed E-state index contributed by atoms with van der Waals surface area (Å²) in [5.74, 6) is 0. The van der Waals surface area contributed by atoms with Crippen LogP contribution >= 0.6 is 0 Å². The molecule has 0 saturated heterocycles. The van der Waals surface area contributed by atoms with Crippen molar-refractivity contribution in [2.75, 3.05) is 0 Å². The molecule has 1 aromatic rings. The first-order chi connectivity index (χ1) is 7.39. The second-order valence-electron chi connectivity index (χ2n) is 2.71. The molecule has 0 atom stereocenters. The van der Waals surface area contributed by atoms with Crippen LogP contribution in [0, 0.1) is 0 Å². The minimum absolute atomic E-state index is 1.08. The molecule has 1 heterocycles. The number of imidazole rings is 1. The summed E-state index contributed by atoms with van der Waals surface area (Å²) in [6.45, 7) is 4.00. The summed E-state index contributed by atoms with van der Waals surface area (Å²) in [7, 11) is 1.94. The van der Waals surface area contributed by atoms with Gasteiger partial charge in [-0.25, -0.2) is 4.98 Å². The van der Waals surface area contributed by atoms with Gasteiger partial charge in [0.25, 0.3) is 0 Å². The Hall–Kier alpha value is -1.57. The second-order valence-corrected chi connectivity index (χ2v) is 2.71. The molecule has 0 N–H and O–H groups in total. The first kappa shape index (κ1) is 13.4. The van der Waals surface area contributed by atoms with Crippen LogP contribution in [0.25, 0.3) is 0 Å². The normalized spacial score (nSPS) is 11.9. The highest BCUT2D eigenvalue weighted by molar-refractivity contribution is 5.16. The minimum atomic E-state index is 1.08. The van der Waals surface area contributed by atoms with Crippen molar-refractivity contribution >= 4 is 0 Å². The van der Waals surface area contributed by atoms with Crippen molar-refractivity contribution in [2.24, 2.45) is 7.05 Å². The highest BCUT2D eigenvalue weighted by atomic mass is 15.0. The Morgan fingerprint density at radius 1 is 1.00 bits per heavy atom. The largest absolute Gasteiger partial charge is 0.341 e. The van der Waals surface area contributed by atoms with Crippen molar-refractivity contribution in [1.29, 1.82) is 0 Å². The molecule has 0 aliphatic heterocycles. The lowest BCUT2D eigenvalue weighted by atomic mass is 10.4. The van der Waals surface area contributed by atoms with Crippen LogP contribution in [0.15, 0.2) is 55.2 Å². The maximum atomic E-state index is 3.78. The Bertz CT molecular complexity index is 278. The Morgan fingerprint density at radius 3 is 1.93 bits per heavy atom. The smallest absolute Gasteiger partial charge is 0.0943 e. The van der Waals surface area contributed by atoms with Crippen LogP contribution < -0.4 is 0 Å². The van der Waals surface area contributed by atoms with Gasteiger partial charge in [-0.15, -0.1) is 0 Å². The highest BCUT2D eigenvalue weighted by Crippen LogP contribution is 1.91. The average molecular weight is 204 g/mol. The van der Waals surface area contributed by atoms with Gasteiger partial charge in [0.2, 0.25) is 0 Å². The monoisotopic (exact) mass is 204 g/mol. The van der Waals surface area contributed by atoms with Crippen molar-refractivity contribution in [3.8, 4) is 0 Å². The summed E-state index contributed by atoms with van der Waals surface area (Å²) >= 11 is 0. The fraction of sp³-hybridized carbons (Fsp3) is 0.308. The van der Waals surface area contributed by atoms with E-state index in [1.807, 2.05) is 43.8 Å². The van der Waals surface area contributed by atoms with E-state index in [0.717, 1.165) is 6.42 Å². The van der Waals surface area contributed by atoms with Gasteiger partial charge in [-0.05, 0) is 6.42 Å². The number of aryl methyl sites for hydroxylation is 1. The van der Waals surface area contributed by atoms with Crippen LogP contribution in [-0.4, -0.2) is 9.55 Å². The van der Waals surface area contributed by atoms with E-state index in [1.165, 1.54) is 0 Å². The molecular formula is C13H20N2. The topological polar surface area (TPSA) is 17.8 Å². The zero-order chi connectivity index (χ0) is 11.4. The predicted molar refractivity (Wildman–Crippen MR) is 66.6 cm³/mol.